The molecule has 2 N–H and O–H groups in total. The van der Waals surface area contributed by atoms with E-state index < -0.39 is 4.32 Å². The van der Waals surface area contributed by atoms with E-state index in [1.165, 1.54) is 0 Å². The molecule has 1 rings (SSSR count). The van der Waals surface area contributed by atoms with E-state index in [4.69, 9.17) is 0 Å². The highest BCUT2D eigenvalue weighted by molar-refractivity contribution is 9.10. The summed E-state index contributed by atoms with van der Waals surface area (Å²) in [4.78, 5) is 11.7. The summed E-state index contributed by atoms with van der Waals surface area (Å²) in [5.41, 5.74) is 2.20. The fourth-order valence-corrected chi connectivity index (χ4v) is 1.43. The van der Waals surface area contributed by atoms with Crippen molar-refractivity contribution in [1.82, 2.24) is 0 Å². The van der Waals surface area contributed by atoms with Crippen molar-refractivity contribution in [2.75, 3.05) is 5.32 Å². The number of hydrogen-bond donors (Lipinski definition) is 2. The van der Waals surface area contributed by atoms with Crippen LogP contribution in [0, 0.1) is 13.8 Å². The van der Waals surface area contributed by atoms with Gasteiger partial charge in [-0.05, 0) is 44.9 Å². The van der Waals surface area contributed by atoms with Gasteiger partial charge in [0.2, 0.25) is 5.91 Å². The largest absolute Gasteiger partial charge is 0.505 e. The van der Waals surface area contributed by atoms with E-state index >= 15 is 0 Å². The van der Waals surface area contributed by atoms with E-state index in [1.807, 2.05) is 13.0 Å². The van der Waals surface area contributed by atoms with Crippen LogP contribution in [0.15, 0.2) is 12.1 Å². The first-order chi connectivity index (χ1) is 7.21. The summed E-state index contributed by atoms with van der Waals surface area (Å²) in [5, 5.41) is 12.5. The molecule has 0 bridgehead atoms. The standard InChI is InChI=1S/C12H16BrNO2/c1-7-5-8(2)10(15)9(6-7)14-11(16)12(3,4)13/h5-6,15H,1-4H3,(H,14,16). The smallest absolute Gasteiger partial charge is 0.240 e. The first-order valence-corrected chi connectivity index (χ1v) is 5.81. The van der Waals surface area contributed by atoms with Gasteiger partial charge in [-0.25, -0.2) is 0 Å². The Labute approximate surface area is 104 Å². The van der Waals surface area contributed by atoms with Crippen LogP contribution >= 0.6 is 15.9 Å². The molecular formula is C12H16BrNO2. The number of benzene rings is 1. The predicted molar refractivity (Wildman–Crippen MR) is 69.2 cm³/mol. The lowest BCUT2D eigenvalue weighted by atomic mass is 10.1. The number of carbonyl (C=O) groups excluding carboxylic acids is 1. The van der Waals surface area contributed by atoms with Gasteiger partial charge in [0.05, 0.1) is 10.0 Å². The van der Waals surface area contributed by atoms with Crippen LogP contribution in [0.25, 0.3) is 0 Å². The summed E-state index contributed by atoms with van der Waals surface area (Å²) in [6, 6.07) is 3.61. The summed E-state index contributed by atoms with van der Waals surface area (Å²) in [6.45, 7) is 7.22. The van der Waals surface area contributed by atoms with Crippen LogP contribution < -0.4 is 5.32 Å². The fraction of sp³-hybridized carbons (Fsp3) is 0.417. The van der Waals surface area contributed by atoms with Crippen LogP contribution in [-0.2, 0) is 4.79 Å². The second-order valence-electron chi connectivity index (χ2n) is 4.40. The number of alkyl halides is 1. The second kappa shape index (κ2) is 4.45. The van der Waals surface area contributed by atoms with Crippen LogP contribution in [0.4, 0.5) is 5.69 Å². The molecule has 0 atom stereocenters. The van der Waals surface area contributed by atoms with Crippen LogP contribution in [0.5, 0.6) is 5.75 Å². The molecule has 0 spiro atoms. The second-order valence-corrected chi connectivity index (χ2v) is 6.39. The molecule has 0 fully saturated rings. The Morgan fingerprint density at radius 3 is 2.44 bits per heavy atom. The van der Waals surface area contributed by atoms with Crippen LogP contribution in [0.3, 0.4) is 0 Å². The minimum Gasteiger partial charge on any atom is -0.505 e. The molecule has 0 unspecified atom stereocenters. The van der Waals surface area contributed by atoms with Crippen molar-refractivity contribution < 1.29 is 9.90 Å². The predicted octanol–water partition coefficient (Wildman–Crippen LogP) is 3.12. The van der Waals surface area contributed by atoms with Crippen molar-refractivity contribution in [3.63, 3.8) is 0 Å². The molecule has 0 saturated carbocycles. The lowest BCUT2D eigenvalue weighted by Gasteiger charge is -2.17. The Hall–Kier alpha value is -1.03. The van der Waals surface area contributed by atoms with Gasteiger partial charge in [0.25, 0.3) is 0 Å². The maximum Gasteiger partial charge on any atom is 0.240 e. The number of aryl methyl sites for hydroxylation is 2. The number of aromatic hydroxyl groups is 1. The highest BCUT2D eigenvalue weighted by Gasteiger charge is 2.24. The number of nitrogens with one attached hydrogen (secondary N) is 1. The number of hydrogen-bond acceptors (Lipinski definition) is 2. The molecule has 1 aromatic rings. The molecule has 1 amide bonds. The van der Waals surface area contributed by atoms with Gasteiger partial charge in [0.15, 0.2) is 0 Å². The lowest BCUT2D eigenvalue weighted by molar-refractivity contribution is -0.117. The van der Waals surface area contributed by atoms with Gasteiger partial charge in [-0.3, -0.25) is 4.79 Å². The molecule has 4 heteroatoms. The number of anilines is 1. The minimum atomic E-state index is -0.656. The molecular weight excluding hydrogens is 270 g/mol. The van der Waals surface area contributed by atoms with Crippen LogP contribution in [-0.4, -0.2) is 15.3 Å². The fourth-order valence-electron chi connectivity index (χ4n) is 1.33. The van der Waals surface area contributed by atoms with Crippen molar-refractivity contribution >= 4 is 27.5 Å². The Morgan fingerprint density at radius 1 is 1.38 bits per heavy atom. The first-order valence-electron chi connectivity index (χ1n) is 5.02. The van der Waals surface area contributed by atoms with Gasteiger partial charge in [-0.1, -0.05) is 22.0 Å². The maximum absolute atomic E-state index is 11.7. The molecule has 3 nitrogen and oxygen atoms in total. The average molecular weight is 286 g/mol. The number of carbonyl (C=O) groups is 1. The molecule has 0 heterocycles. The Balaban J connectivity index is 3.03. The van der Waals surface area contributed by atoms with Gasteiger partial charge in [-0.15, -0.1) is 0 Å². The van der Waals surface area contributed by atoms with Gasteiger partial charge < -0.3 is 10.4 Å². The van der Waals surface area contributed by atoms with Gasteiger partial charge >= 0.3 is 0 Å². The number of halogens is 1. The van der Waals surface area contributed by atoms with Crippen LogP contribution in [0.2, 0.25) is 0 Å². The third kappa shape index (κ3) is 2.98. The topological polar surface area (TPSA) is 49.3 Å². The molecule has 0 aromatic heterocycles. The zero-order valence-electron chi connectivity index (χ0n) is 9.89. The van der Waals surface area contributed by atoms with Gasteiger partial charge in [0.1, 0.15) is 5.75 Å². The van der Waals surface area contributed by atoms with Crippen molar-refractivity contribution in [3.8, 4) is 5.75 Å². The molecule has 0 saturated heterocycles. The van der Waals surface area contributed by atoms with E-state index in [0.717, 1.165) is 11.1 Å². The van der Waals surface area contributed by atoms with E-state index in [0.29, 0.717) is 5.69 Å². The number of rotatable bonds is 2. The number of phenolic OH excluding ortho intramolecular Hbond substituents is 1. The highest BCUT2D eigenvalue weighted by atomic mass is 79.9. The van der Waals surface area contributed by atoms with E-state index in [1.54, 1.807) is 26.8 Å². The number of phenols is 1. The van der Waals surface area contributed by atoms with Crippen molar-refractivity contribution in [2.24, 2.45) is 0 Å². The minimum absolute atomic E-state index is 0.121. The Kier molecular flexibility index (Phi) is 3.63. The SMILES string of the molecule is Cc1cc(C)c(O)c(NC(=O)C(C)(C)Br)c1. The zero-order valence-corrected chi connectivity index (χ0v) is 11.5. The molecule has 1 aromatic carbocycles. The van der Waals surface area contributed by atoms with E-state index in [2.05, 4.69) is 21.2 Å². The third-order valence-electron chi connectivity index (χ3n) is 2.23. The Morgan fingerprint density at radius 2 is 1.94 bits per heavy atom. The molecule has 0 radical (unpaired) electrons. The summed E-state index contributed by atoms with van der Waals surface area (Å²) in [6.07, 6.45) is 0. The number of amides is 1. The van der Waals surface area contributed by atoms with Gasteiger partial charge in [-0.2, -0.15) is 0 Å². The van der Waals surface area contributed by atoms with E-state index in [-0.39, 0.29) is 11.7 Å². The van der Waals surface area contributed by atoms with Crippen molar-refractivity contribution in [1.29, 1.82) is 0 Å². The zero-order chi connectivity index (χ0) is 12.5. The molecule has 16 heavy (non-hydrogen) atoms. The van der Waals surface area contributed by atoms with Crippen molar-refractivity contribution in [2.45, 2.75) is 32.0 Å². The summed E-state index contributed by atoms with van der Waals surface area (Å²) >= 11 is 3.27. The van der Waals surface area contributed by atoms with Crippen molar-refractivity contribution in [3.05, 3.63) is 23.3 Å². The lowest BCUT2D eigenvalue weighted by Crippen LogP contribution is -2.31. The van der Waals surface area contributed by atoms with E-state index in [9.17, 15) is 9.90 Å². The molecule has 0 aliphatic carbocycles. The maximum atomic E-state index is 11.7. The summed E-state index contributed by atoms with van der Waals surface area (Å²) < 4.78 is -0.656. The monoisotopic (exact) mass is 285 g/mol. The molecule has 0 aliphatic rings. The average Bonchev–Trinajstić information content (AvgIpc) is 2.11. The quantitative estimate of drug-likeness (QED) is 0.648. The van der Waals surface area contributed by atoms with Gasteiger partial charge in [0, 0.05) is 0 Å². The molecule has 88 valence electrons. The first kappa shape index (κ1) is 13.0. The third-order valence-corrected chi connectivity index (χ3v) is 2.59. The highest BCUT2D eigenvalue weighted by Crippen LogP contribution is 2.30. The summed E-state index contributed by atoms with van der Waals surface area (Å²) in [5.74, 6) is -0.0662. The van der Waals surface area contributed by atoms with Crippen LogP contribution in [0.1, 0.15) is 25.0 Å². The molecule has 0 aliphatic heterocycles. The summed E-state index contributed by atoms with van der Waals surface area (Å²) in [7, 11) is 0. The Bertz CT molecular complexity index is 422. The normalized spacial score (nSPS) is 11.3.